The molecule has 0 spiro atoms. The van der Waals surface area contributed by atoms with Gasteiger partial charge in [0.1, 0.15) is 6.61 Å². The van der Waals surface area contributed by atoms with E-state index in [1.165, 1.54) is 5.06 Å². The summed E-state index contributed by atoms with van der Waals surface area (Å²) in [5.41, 5.74) is 0. The molecule has 76 valence electrons. The van der Waals surface area contributed by atoms with E-state index in [0.29, 0.717) is 13.2 Å². The molecule has 0 bridgehead atoms. The van der Waals surface area contributed by atoms with Crippen LogP contribution in [0, 0.1) is 0 Å². The standard InChI is InChI=1S/C9H17NO3/c1-8(2)12-7-9(11)10-5-3-4-6-13-10/h8H,3-7H2,1-2H3. The van der Waals surface area contributed by atoms with Gasteiger partial charge in [0.15, 0.2) is 0 Å². The van der Waals surface area contributed by atoms with E-state index in [0.717, 1.165) is 12.8 Å². The highest BCUT2D eigenvalue weighted by Gasteiger charge is 2.17. The first-order valence-corrected chi connectivity index (χ1v) is 4.75. The molecule has 1 aliphatic rings. The lowest BCUT2D eigenvalue weighted by molar-refractivity contribution is -0.201. The van der Waals surface area contributed by atoms with Gasteiger partial charge in [-0.05, 0) is 26.7 Å². The van der Waals surface area contributed by atoms with Crippen LogP contribution in [0.1, 0.15) is 26.7 Å². The third-order valence-corrected chi connectivity index (χ3v) is 1.82. The van der Waals surface area contributed by atoms with Crippen molar-refractivity contribution in [3.8, 4) is 0 Å². The molecule has 1 saturated heterocycles. The Kier molecular flexibility index (Phi) is 4.18. The molecule has 0 N–H and O–H groups in total. The highest BCUT2D eigenvalue weighted by Crippen LogP contribution is 2.06. The average molecular weight is 187 g/mol. The van der Waals surface area contributed by atoms with Gasteiger partial charge >= 0.3 is 0 Å². The smallest absolute Gasteiger partial charge is 0.272 e. The minimum absolute atomic E-state index is 0.0756. The zero-order valence-electron chi connectivity index (χ0n) is 8.28. The Bertz CT molecular complexity index is 164. The number of rotatable bonds is 3. The van der Waals surface area contributed by atoms with Gasteiger partial charge in [-0.2, -0.15) is 0 Å². The summed E-state index contributed by atoms with van der Waals surface area (Å²) in [6.07, 6.45) is 2.15. The number of ether oxygens (including phenoxy) is 1. The summed E-state index contributed by atoms with van der Waals surface area (Å²) in [6, 6.07) is 0. The molecule has 0 aliphatic carbocycles. The van der Waals surface area contributed by atoms with Gasteiger partial charge in [0.25, 0.3) is 5.91 Å². The van der Waals surface area contributed by atoms with Crippen LogP contribution in [0.25, 0.3) is 0 Å². The van der Waals surface area contributed by atoms with E-state index in [1.807, 2.05) is 13.8 Å². The van der Waals surface area contributed by atoms with Crippen LogP contribution in [0.3, 0.4) is 0 Å². The highest BCUT2D eigenvalue weighted by molar-refractivity contribution is 5.76. The van der Waals surface area contributed by atoms with Gasteiger partial charge in [-0.3, -0.25) is 9.63 Å². The van der Waals surface area contributed by atoms with Gasteiger partial charge in [0.2, 0.25) is 0 Å². The summed E-state index contributed by atoms with van der Waals surface area (Å²) < 4.78 is 5.19. The highest BCUT2D eigenvalue weighted by atomic mass is 16.7. The van der Waals surface area contributed by atoms with Crippen LogP contribution in [-0.2, 0) is 14.4 Å². The maximum absolute atomic E-state index is 11.4. The predicted octanol–water partition coefficient (Wildman–Crippen LogP) is 0.965. The Morgan fingerprint density at radius 1 is 1.54 bits per heavy atom. The molecule has 0 radical (unpaired) electrons. The van der Waals surface area contributed by atoms with Crippen LogP contribution in [0.15, 0.2) is 0 Å². The van der Waals surface area contributed by atoms with Crippen molar-refractivity contribution in [3.05, 3.63) is 0 Å². The van der Waals surface area contributed by atoms with Crippen molar-refractivity contribution in [2.45, 2.75) is 32.8 Å². The van der Waals surface area contributed by atoms with E-state index in [2.05, 4.69) is 0 Å². The number of carbonyl (C=O) groups is 1. The second-order valence-electron chi connectivity index (χ2n) is 3.40. The molecular weight excluding hydrogens is 170 g/mol. The number of hydrogen-bond acceptors (Lipinski definition) is 3. The first-order chi connectivity index (χ1) is 6.20. The molecule has 1 amide bonds. The predicted molar refractivity (Wildman–Crippen MR) is 48.0 cm³/mol. The van der Waals surface area contributed by atoms with Crippen LogP contribution in [0.5, 0.6) is 0 Å². The minimum atomic E-state index is -0.0756. The molecule has 0 aromatic carbocycles. The van der Waals surface area contributed by atoms with Crippen molar-refractivity contribution < 1.29 is 14.4 Å². The van der Waals surface area contributed by atoms with Gasteiger partial charge in [-0.25, -0.2) is 5.06 Å². The molecule has 0 unspecified atom stereocenters. The Hall–Kier alpha value is -0.610. The molecule has 4 nitrogen and oxygen atoms in total. The first kappa shape index (κ1) is 10.5. The normalized spacial score (nSPS) is 17.9. The number of carbonyl (C=O) groups excluding carboxylic acids is 1. The average Bonchev–Trinajstić information content (AvgIpc) is 2.15. The molecule has 1 aliphatic heterocycles. The van der Waals surface area contributed by atoms with Gasteiger partial charge in [-0.1, -0.05) is 0 Å². The van der Waals surface area contributed by atoms with E-state index >= 15 is 0 Å². The van der Waals surface area contributed by atoms with Crippen LogP contribution in [0.4, 0.5) is 0 Å². The first-order valence-electron chi connectivity index (χ1n) is 4.75. The van der Waals surface area contributed by atoms with Crippen LogP contribution in [-0.4, -0.2) is 36.8 Å². The lowest BCUT2D eigenvalue weighted by atomic mass is 10.3. The lowest BCUT2D eigenvalue weighted by Gasteiger charge is -2.25. The molecule has 0 aromatic rings. The van der Waals surface area contributed by atoms with Crippen molar-refractivity contribution in [2.24, 2.45) is 0 Å². The van der Waals surface area contributed by atoms with Gasteiger partial charge in [0, 0.05) is 6.54 Å². The fourth-order valence-corrected chi connectivity index (χ4v) is 1.10. The summed E-state index contributed by atoms with van der Waals surface area (Å²) in [4.78, 5) is 16.6. The summed E-state index contributed by atoms with van der Waals surface area (Å²) in [7, 11) is 0. The van der Waals surface area contributed by atoms with Crippen molar-refractivity contribution in [3.63, 3.8) is 0 Å². The van der Waals surface area contributed by atoms with Crippen molar-refractivity contribution in [1.82, 2.24) is 5.06 Å². The molecule has 0 atom stereocenters. The third kappa shape index (κ3) is 3.74. The molecule has 0 aromatic heterocycles. The number of amides is 1. The van der Waals surface area contributed by atoms with E-state index in [-0.39, 0.29) is 18.6 Å². The maximum Gasteiger partial charge on any atom is 0.272 e. The fourth-order valence-electron chi connectivity index (χ4n) is 1.10. The molecule has 1 heterocycles. The van der Waals surface area contributed by atoms with E-state index in [9.17, 15) is 4.79 Å². The molecule has 1 fully saturated rings. The Balaban J connectivity index is 2.21. The largest absolute Gasteiger partial charge is 0.369 e. The molecular formula is C9H17NO3. The molecule has 4 heteroatoms. The molecule has 13 heavy (non-hydrogen) atoms. The second kappa shape index (κ2) is 5.19. The van der Waals surface area contributed by atoms with Crippen LogP contribution < -0.4 is 0 Å². The monoisotopic (exact) mass is 187 g/mol. The Morgan fingerprint density at radius 3 is 2.85 bits per heavy atom. The summed E-state index contributed by atoms with van der Waals surface area (Å²) in [5.74, 6) is -0.0756. The van der Waals surface area contributed by atoms with Crippen molar-refractivity contribution in [2.75, 3.05) is 19.8 Å². The SMILES string of the molecule is CC(C)OCC(=O)N1CCCCO1. The van der Waals surface area contributed by atoms with Crippen molar-refractivity contribution in [1.29, 1.82) is 0 Å². The van der Waals surface area contributed by atoms with E-state index in [4.69, 9.17) is 9.57 Å². The van der Waals surface area contributed by atoms with E-state index < -0.39 is 0 Å². The molecule has 0 saturated carbocycles. The fraction of sp³-hybridized carbons (Fsp3) is 0.889. The summed E-state index contributed by atoms with van der Waals surface area (Å²) in [6.45, 7) is 5.28. The zero-order chi connectivity index (χ0) is 9.68. The topological polar surface area (TPSA) is 38.8 Å². The number of hydroxylamine groups is 2. The summed E-state index contributed by atoms with van der Waals surface area (Å²) >= 11 is 0. The van der Waals surface area contributed by atoms with Crippen LogP contribution in [0.2, 0.25) is 0 Å². The summed E-state index contributed by atoms with van der Waals surface area (Å²) in [5, 5.41) is 1.41. The minimum Gasteiger partial charge on any atom is -0.369 e. The van der Waals surface area contributed by atoms with Gasteiger partial charge in [0.05, 0.1) is 12.7 Å². The number of nitrogens with zero attached hydrogens (tertiary/aromatic N) is 1. The van der Waals surface area contributed by atoms with Crippen molar-refractivity contribution >= 4 is 5.91 Å². The van der Waals surface area contributed by atoms with Gasteiger partial charge < -0.3 is 4.74 Å². The Labute approximate surface area is 78.8 Å². The lowest BCUT2D eigenvalue weighted by Crippen LogP contribution is -2.38. The molecule has 1 rings (SSSR count). The zero-order valence-corrected chi connectivity index (χ0v) is 8.28. The Morgan fingerprint density at radius 2 is 2.31 bits per heavy atom. The third-order valence-electron chi connectivity index (χ3n) is 1.82. The second-order valence-corrected chi connectivity index (χ2v) is 3.40. The quantitative estimate of drug-likeness (QED) is 0.660. The number of hydrogen-bond donors (Lipinski definition) is 0. The maximum atomic E-state index is 11.4. The van der Waals surface area contributed by atoms with Crippen LogP contribution >= 0.6 is 0 Å². The van der Waals surface area contributed by atoms with E-state index in [1.54, 1.807) is 0 Å². The van der Waals surface area contributed by atoms with Gasteiger partial charge in [-0.15, -0.1) is 0 Å².